The number of nitrogens with zero attached hydrogens (tertiary/aromatic N) is 5. The summed E-state index contributed by atoms with van der Waals surface area (Å²) in [6.45, 7) is 6.10. The molecule has 5 heterocycles. The maximum absolute atomic E-state index is 13.2. The summed E-state index contributed by atoms with van der Waals surface area (Å²) < 4.78 is 1.85. The molecule has 2 saturated heterocycles. The number of carbonyl (C=O) groups excluding carboxylic acids is 2. The Hall–Kier alpha value is -2.39. The van der Waals surface area contributed by atoms with Gasteiger partial charge in [0.15, 0.2) is 0 Å². The van der Waals surface area contributed by atoms with E-state index < -0.39 is 0 Å². The zero-order valence-electron chi connectivity index (χ0n) is 18.6. The van der Waals surface area contributed by atoms with Gasteiger partial charge in [0, 0.05) is 49.4 Å². The van der Waals surface area contributed by atoms with Crippen molar-refractivity contribution >= 4 is 45.1 Å². The fourth-order valence-electron chi connectivity index (χ4n) is 4.64. The fourth-order valence-corrected chi connectivity index (χ4v) is 6.67. The zero-order chi connectivity index (χ0) is 22.4. The van der Waals surface area contributed by atoms with Crippen molar-refractivity contribution in [3.63, 3.8) is 0 Å². The summed E-state index contributed by atoms with van der Waals surface area (Å²) in [7, 11) is 1.92. The van der Waals surface area contributed by atoms with Crippen molar-refractivity contribution in [1.82, 2.24) is 24.6 Å². The van der Waals surface area contributed by atoms with E-state index in [0.717, 1.165) is 68.8 Å². The first-order valence-electron chi connectivity index (χ1n) is 11.0. The summed E-state index contributed by atoms with van der Waals surface area (Å²) in [5.74, 6) is 2.12. The number of thioether (sulfide) groups is 1. The number of rotatable bonds is 3. The molecule has 5 rings (SSSR count). The maximum Gasteiger partial charge on any atom is 0.264 e. The molecule has 0 radical (unpaired) electrons. The van der Waals surface area contributed by atoms with E-state index in [9.17, 15) is 9.59 Å². The van der Waals surface area contributed by atoms with E-state index in [4.69, 9.17) is 4.98 Å². The lowest BCUT2D eigenvalue weighted by Crippen LogP contribution is -2.38. The first-order chi connectivity index (χ1) is 15.4. The van der Waals surface area contributed by atoms with Crippen LogP contribution in [0.5, 0.6) is 0 Å². The van der Waals surface area contributed by atoms with Crippen molar-refractivity contribution in [2.45, 2.75) is 32.6 Å². The molecule has 0 N–H and O–H groups in total. The Morgan fingerprint density at radius 1 is 1.06 bits per heavy atom. The third kappa shape index (κ3) is 3.81. The number of thiophene rings is 1. The molecule has 9 heteroatoms. The van der Waals surface area contributed by atoms with Gasteiger partial charge in [0.25, 0.3) is 11.8 Å². The number of fused-ring (bicyclic) bond motifs is 1. The minimum Gasteiger partial charge on any atom is -0.338 e. The predicted octanol–water partition coefficient (Wildman–Crippen LogP) is 3.81. The summed E-state index contributed by atoms with van der Waals surface area (Å²) in [6, 6.07) is 5.84. The molecule has 0 atom stereocenters. The first kappa shape index (κ1) is 21.5. The van der Waals surface area contributed by atoms with Crippen molar-refractivity contribution in [3.8, 4) is 0 Å². The molecule has 0 spiro atoms. The van der Waals surface area contributed by atoms with Crippen molar-refractivity contribution in [1.29, 1.82) is 0 Å². The van der Waals surface area contributed by atoms with E-state index in [2.05, 4.69) is 5.10 Å². The minimum atomic E-state index is 0.0882. The van der Waals surface area contributed by atoms with Crippen LogP contribution in [0.15, 0.2) is 18.2 Å². The van der Waals surface area contributed by atoms with Gasteiger partial charge in [0.05, 0.1) is 27.7 Å². The number of aromatic nitrogens is 3. The molecule has 0 aliphatic carbocycles. The Balaban J connectivity index is 1.32. The summed E-state index contributed by atoms with van der Waals surface area (Å²) >= 11 is 3.30. The lowest BCUT2D eigenvalue weighted by molar-refractivity contribution is 0.0712. The molecule has 2 aliphatic rings. The second-order valence-corrected chi connectivity index (χ2v) is 10.7. The van der Waals surface area contributed by atoms with Gasteiger partial charge in [-0.2, -0.15) is 5.10 Å². The highest BCUT2D eigenvalue weighted by Gasteiger charge is 2.31. The van der Waals surface area contributed by atoms with Crippen LogP contribution < -0.4 is 0 Å². The number of aryl methyl sites for hydroxylation is 3. The number of hydrogen-bond donors (Lipinski definition) is 0. The van der Waals surface area contributed by atoms with Crippen LogP contribution in [-0.4, -0.2) is 67.6 Å². The van der Waals surface area contributed by atoms with Crippen LogP contribution in [-0.2, 0) is 7.05 Å². The zero-order valence-corrected chi connectivity index (χ0v) is 20.3. The van der Waals surface area contributed by atoms with Gasteiger partial charge < -0.3 is 9.80 Å². The molecule has 0 bridgehead atoms. The van der Waals surface area contributed by atoms with Crippen LogP contribution in [0.4, 0.5) is 0 Å². The Morgan fingerprint density at radius 2 is 1.84 bits per heavy atom. The monoisotopic (exact) mass is 469 g/mol. The highest BCUT2D eigenvalue weighted by Crippen LogP contribution is 2.33. The summed E-state index contributed by atoms with van der Waals surface area (Å²) in [4.78, 5) is 36.7. The molecule has 3 aromatic rings. The number of pyridine rings is 1. The highest BCUT2D eigenvalue weighted by atomic mass is 32.2. The molecule has 2 amide bonds. The molecular formula is C23H27N5O2S2. The average Bonchev–Trinajstić information content (AvgIpc) is 3.53. The molecule has 7 nitrogen and oxygen atoms in total. The number of amides is 2. The number of likely N-dealkylation sites (tertiary alicyclic amines) is 1. The van der Waals surface area contributed by atoms with Gasteiger partial charge in [-0.15, -0.1) is 23.1 Å². The minimum absolute atomic E-state index is 0.0882. The van der Waals surface area contributed by atoms with Crippen molar-refractivity contribution in [3.05, 3.63) is 45.7 Å². The molecule has 168 valence electrons. The summed E-state index contributed by atoms with van der Waals surface area (Å²) in [6.07, 6.45) is 1.64. The van der Waals surface area contributed by atoms with Crippen molar-refractivity contribution in [2.24, 2.45) is 7.05 Å². The molecular weight excluding hydrogens is 442 g/mol. The smallest absolute Gasteiger partial charge is 0.264 e. The highest BCUT2D eigenvalue weighted by molar-refractivity contribution is 7.99. The molecule has 32 heavy (non-hydrogen) atoms. The van der Waals surface area contributed by atoms with Gasteiger partial charge in [0.2, 0.25) is 0 Å². The van der Waals surface area contributed by atoms with Crippen LogP contribution in [0.1, 0.15) is 55.9 Å². The van der Waals surface area contributed by atoms with E-state index in [1.807, 2.05) is 53.6 Å². The number of hydrogen-bond acceptors (Lipinski definition) is 6. The maximum atomic E-state index is 13.2. The predicted molar refractivity (Wildman–Crippen MR) is 129 cm³/mol. The van der Waals surface area contributed by atoms with E-state index in [0.29, 0.717) is 13.1 Å². The molecule has 3 aromatic heterocycles. The Morgan fingerprint density at radius 3 is 2.53 bits per heavy atom. The third-order valence-corrected chi connectivity index (χ3v) is 8.57. The van der Waals surface area contributed by atoms with Gasteiger partial charge in [-0.05, 0) is 44.9 Å². The van der Waals surface area contributed by atoms with Gasteiger partial charge in [-0.3, -0.25) is 19.3 Å². The van der Waals surface area contributed by atoms with Crippen LogP contribution >= 0.6 is 23.1 Å². The molecule has 0 aromatic carbocycles. The van der Waals surface area contributed by atoms with E-state index in [1.165, 1.54) is 11.3 Å². The van der Waals surface area contributed by atoms with Crippen LogP contribution in [0, 0.1) is 13.8 Å². The second kappa shape index (κ2) is 8.51. The fraction of sp³-hybridized carbons (Fsp3) is 0.478. The van der Waals surface area contributed by atoms with E-state index in [1.54, 1.807) is 11.8 Å². The number of piperidine rings is 1. The van der Waals surface area contributed by atoms with E-state index >= 15 is 0 Å². The third-order valence-electron chi connectivity index (χ3n) is 6.41. The quantitative estimate of drug-likeness (QED) is 0.583. The molecule has 0 unspecified atom stereocenters. The Bertz CT molecular complexity index is 1150. The normalized spacial score (nSPS) is 17.5. The average molecular weight is 470 g/mol. The van der Waals surface area contributed by atoms with Gasteiger partial charge in [0.1, 0.15) is 4.83 Å². The van der Waals surface area contributed by atoms with E-state index in [-0.39, 0.29) is 17.7 Å². The standard InChI is InChI=1S/C23H27N5O2S2/c1-14-4-5-17(21(29)28-10-11-31-13-28)20(24-14)16-6-8-27(9-7-16)22(30)19-12-18-15(2)25-26(3)23(18)32-19/h4-5,12,16H,6-11,13H2,1-3H3. The second-order valence-electron chi connectivity index (χ2n) is 8.60. The molecule has 2 aliphatic heterocycles. The van der Waals surface area contributed by atoms with Crippen LogP contribution in [0.25, 0.3) is 10.2 Å². The summed E-state index contributed by atoms with van der Waals surface area (Å²) in [5.41, 5.74) is 3.52. The number of carbonyl (C=O) groups is 2. The van der Waals surface area contributed by atoms with Crippen LogP contribution in [0.3, 0.4) is 0 Å². The molecule has 2 fully saturated rings. The lowest BCUT2D eigenvalue weighted by Gasteiger charge is -2.32. The molecule has 0 saturated carbocycles. The van der Waals surface area contributed by atoms with Gasteiger partial charge in [-0.25, -0.2) is 0 Å². The largest absolute Gasteiger partial charge is 0.338 e. The Labute approximate surface area is 195 Å². The first-order valence-corrected chi connectivity index (χ1v) is 13.0. The van der Waals surface area contributed by atoms with Crippen LogP contribution in [0.2, 0.25) is 0 Å². The Kier molecular flexibility index (Phi) is 5.71. The van der Waals surface area contributed by atoms with Crippen molar-refractivity contribution in [2.75, 3.05) is 31.3 Å². The van der Waals surface area contributed by atoms with Gasteiger partial charge >= 0.3 is 0 Å². The SMILES string of the molecule is Cc1ccc(C(=O)N2CCSC2)c(C2CCN(C(=O)c3cc4c(C)nn(C)c4s3)CC2)n1. The van der Waals surface area contributed by atoms with Crippen molar-refractivity contribution < 1.29 is 9.59 Å². The topological polar surface area (TPSA) is 71.3 Å². The van der Waals surface area contributed by atoms with Gasteiger partial charge in [-0.1, -0.05) is 0 Å². The summed E-state index contributed by atoms with van der Waals surface area (Å²) in [5, 5.41) is 5.49. The lowest BCUT2D eigenvalue weighted by atomic mass is 9.89.